The van der Waals surface area contributed by atoms with Crippen molar-refractivity contribution in [1.29, 1.82) is 0 Å². The third kappa shape index (κ3) is 7.53. The van der Waals surface area contributed by atoms with E-state index in [0.717, 1.165) is 26.4 Å². The summed E-state index contributed by atoms with van der Waals surface area (Å²) < 4.78 is 15.1. The molecule has 2 rings (SSSR count). The Morgan fingerprint density at radius 1 is 1.16 bits per heavy atom. The summed E-state index contributed by atoms with van der Waals surface area (Å²) in [4.78, 5) is 9.76. The SMILES string of the molecule is C(OCC1CO1)C1CO1.O=CC(O)C(O)C(O)CO. The first kappa shape index (κ1) is 16.4. The van der Waals surface area contributed by atoms with Gasteiger partial charge in [-0.2, -0.15) is 0 Å². The second-order valence-corrected chi connectivity index (χ2v) is 4.32. The molecule has 2 heterocycles. The fraction of sp³-hybridized carbons (Fsp3) is 0.909. The molecule has 19 heavy (non-hydrogen) atoms. The molecule has 0 spiro atoms. The maximum absolute atomic E-state index is 9.76. The molecule has 0 aromatic carbocycles. The molecule has 0 aliphatic carbocycles. The van der Waals surface area contributed by atoms with Crippen LogP contribution in [0.5, 0.6) is 0 Å². The number of aldehydes is 1. The highest BCUT2D eigenvalue weighted by Gasteiger charge is 2.26. The molecule has 8 nitrogen and oxygen atoms in total. The van der Waals surface area contributed by atoms with Gasteiger partial charge in [0.05, 0.1) is 33.0 Å². The summed E-state index contributed by atoms with van der Waals surface area (Å²) in [5.41, 5.74) is 0. The van der Waals surface area contributed by atoms with Crippen LogP contribution in [-0.4, -0.2) is 90.3 Å². The predicted molar refractivity (Wildman–Crippen MR) is 61.5 cm³/mol. The quantitative estimate of drug-likeness (QED) is 0.274. The number of aliphatic hydroxyl groups is 4. The third-order valence-corrected chi connectivity index (χ3v) is 2.48. The van der Waals surface area contributed by atoms with Crippen LogP contribution >= 0.6 is 0 Å². The molecule has 2 fully saturated rings. The lowest BCUT2D eigenvalue weighted by Crippen LogP contribution is -2.40. The van der Waals surface area contributed by atoms with Gasteiger partial charge >= 0.3 is 0 Å². The zero-order valence-electron chi connectivity index (χ0n) is 10.4. The van der Waals surface area contributed by atoms with E-state index in [4.69, 9.17) is 34.6 Å². The van der Waals surface area contributed by atoms with Crippen LogP contribution in [0, 0.1) is 0 Å². The van der Waals surface area contributed by atoms with E-state index in [2.05, 4.69) is 0 Å². The number of hydrogen-bond acceptors (Lipinski definition) is 8. The first-order chi connectivity index (χ1) is 9.08. The lowest BCUT2D eigenvalue weighted by molar-refractivity contribution is -0.127. The minimum Gasteiger partial charge on any atom is -0.394 e. The van der Waals surface area contributed by atoms with Gasteiger partial charge in [-0.15, -0.1) is 0 Å². The van der Waals surface area contributed by atoms with Crippen LogP contribution in [-0.2, 0) is 19.0 Å². The van der Waals surface area contributed by atoms with Crippen molar-refractivity contribution in [2.24, 2.45) is 0 Å². The summed E-state index contributed by atoms with van der Waals surface area (Å²) in [7, 11) is 0. The van der Waals surface area contributed by atoms with E-state index in [-0.39, 0.29) is 6.29 Å². The Balaban J connectivity index is 0.000000190. The van der Waals surface area contributed by atoms with Crippen LogP contribution in [0.4, 0.5) is 0 Å². The molecule has 0 radical (unpaired) electrons. The average Bonchev–Trinajstić information content (AvgIpc) is 3.31. The highest BCUT2D eigenvalue weighted by molar-refractivity contribution is 5.56. The largest absolute Gasteiger partial charge is 0.394 e. The van der Waals surface area contributed by atoms with Crippen molar-refractivity contribution in [1.82, 2.24) is 0 Å². The lowest BCUT2D eigenvalue weighted by Gasteiger charge is -2.16. The van der Waals surface area contributed by atoms with Gasteiger partial charge in [-0.1, -0.05) is 0 Å². The fourth-order valence-corrected chi connectivity index (χ4v) is 1.08. The van der Waals surface area contributed by atoms with E-state index in [1.807, 2.05) is 0 Å². The summed E-state index contributed by atoms with van der Waals surface area (Å²) in [5.74, 6) is 0. The van der Waals surface area contributed by atoms with E-state index < -0.39 is 24.9 Å². The number of carbonyl (C=O) groups excluding carboxylic acids is 1. The van der Waals surface area contributed by atoms with Crippen molar-refractivity contribution in [2.75, 3.05) is 33.0 Å². The maximum Gasteiger partial charge on any atom is 0.151 e. The topological polar surface area (TPSA) is 132 Å². The molecule has 0 aromatic heterocycles. The van der Waals surface area contributed by atoms with Gasteiger partial charge in [0.1, 0.15) is 30.5 Å². The van der Waals surface area contributed by atoms with Crippen LogP contribution in [0.2, 0.25) is 0 Å². The molecule has 2 aliphatic heterocycles. The average molecular weight is 280 g/mol. The van der Waals surface area contributed by atoms with Crippen molar-refractivity contribution in [3.05, 3.63) is 0 Å². The molecule has 0 saturated carbocycles. The van der Waals surface area contributed by atoms with Gasteiger partial charge in [-0.3, -0.25) is 0 Å². The summed E-state index contributed by atoms with van der Waals surface area (Å²) in [6, 6.07) is 0. The molecular weight excluding hydrogens is 260 g/mol. The van der Waals surface area contributed by atoms with Gasteiger partial charge < -0.3 is 39.4 Å². The molecule has 4 N–H and O–H groups in total. The number of ether oxygens (including phenoxy) is 3. The van der Waals surface area contributed by atoms with E-state index in [9.17, 15) is 4.79 Å². The molecule has 5 unspecified atom stereocenters. The summed E-state index contributed by atoms with van der Waals surface area (Å²) in [6.07, 6.45) is -3.85. The van der Waals surface area contributed by atoms with E-state index >= 15 is 0 Å². The first-order valence-electron chi connectivity index (χ1n) is 5.99. The van der Waals surface area contributed by atoms with Crippen molar-refractivity contribution in [2.45, 2.75) is 30.5 Å². The first-order valence-corrected chi connectivity index (χ1v) is 5.99. The molecule has 2 saturated heterocycles. The summed E-state index contributed by atoms with van der Waals surface area (Å²) in [6.45, 7) is 2.57. The lowest BCUT2D eigenvalue weighted by atomic mass is 10.1. The van der Waals surface area contributed by atoms with Gasteiger partial charge in [0, 0.05) is 0 Å². The molecular formula is C11H20O8. The van der Waals surface area contributed by atoms with Crippen LogP contribution < -0.4 is 0 Å². The number of hydrogen-bond donors (Lipinski definition) is 4. The van der Waals surface area contributed by atoms with Crippen molar-refractivity contribution in [3.8, 4) is 0 Å². The smallest absolute Gasteiger partial charge is 0.151 e. The van der Waals surface area contributed by atoms with Crippen molar-refractivity contribution < 1.29 is 39.4 Å². The Kier molecular flexibility index (Phi) is 7.39. The zero-order chi connectivity index (χ0) is 14.3. The number of carbonyl (C=O) groups is 1. The Morgan fingerprint density at radius 2 is 1.63 bits per heavy atom. The highest BCUT2D eigenvalue weighted by Crippen LogP contribution is 2.12. The molecule has 0 amide bonds. The van der Waals surface area contributed by atoms with Gasteiger partial charge in [-0.05, 0) is 0 Å². The minimum absolute atomic E-state index is 0.0869. The number of epoxide rings is 2. The maximum atomic E-state index is 9.76. The van der Waals surface area contributed by atoms with Gasteiger partial charge in [0.15, 0.2) is 6.29 Å². The molecule has 8 heteroatoms. The standard InChI is InChI=1S/C6H10O3.C5H10O5/c1(5-3-8-5)7-2-6-4-9-6;6-1-3(8)5(10)4(9)2-7/h5-6H,1-4H2;1,3-5,7-10H,2H2. The second kappa shape index (κ2) is 8.54. The summed E-state index contributed by atoms with van der Waals surface area (Å²) >= 11 is 0. The van der Waals surface area contributed by atoms with Crippen LogP contribution in [0.1, 0.15) is 0 Å². The minimum atomic E-state index is -1.64. The second-order valence-electron chi connectivity index (χ2n) is 4.32. The van der Waals surface area contributed by atoms with Gasteiger partial charge in [0.25, 0.3) is 0 Å². The fourth-order valence-electron chi connectivity index (χ4n) is 1.08. The van der Waals surface area contributed by atoms with Gasteiger partial charge in [0.2, 0.25) is 0 Å². The molecule has 0 aromatic rings. The highest BCUT2D eigenvalue weighted by atomic mass is 16.6. The Labute approximate surface area is 110 Å². The number of rotatable bonds is 8. The molecule has 112 valence electrons. The Bertz CT molecular complexity index is 241. The molecule has 0 bridgehead atoms. The van der Waals surface area contributed by atoms with E-state index in [1.54, 1.807) is 0 Å². The van der Waals surface area contributed by atoms with E-state index in [1.165, 1.54) is 0 Å². The normalized spacial score (nSPS) is 28.6. The third-order valence-electron chi connectivity index (χ3n) is 2.48. The Morgan fingerprint density at radius 3 is 1.95 bits per heavy atom. The molecule has 5 atom stereocenters. The predicted octanol–water partition coefficient (Wildman–Crippen LogP) is -2.94. The zero-order valence-corrected chi connectivity index (χ0v) is 10.4. The van der Waals surface area contributed by atoms with E-state index in [0.29, 0.717) is 12.2 Å². The van der Waals surface area contributed by atoms with Crippen LogP contribution in [0.15, 0.2) is 0 Å². The van der Waals surface area contributed by atoms with Crippen molar-refractivity contribution in [3.63, 3.8) is 0 Å². The van der Waals surface area contributed by atoms with Gasteiger partial charge in [-0.25, -0.2) is 0 Å². The van der Waals surface area contributed by atoms with Crippen LogP contribution in [0.25, 0.3) is 0 Å². The summed E-state index contributed by atoms with van der Waals surface area (Å²) in [5, 5.41) is 34.1. The number of aliphatic hydroxyl groups excluding tert-OH is 4. The Hall–Kier alpha value is -0.610. The van der Waals surface area contributed by atoms with Crippen LogP contribution in [0.3, 0.4) is 0 Å². The molecule has 2 aliphatic rings. The van der Waals surface area contributed by atoms with Crippen molar-refractivity contribution >= 4 is 6.29 Å². The monoisotopic (exact) mass is 280 g/mol.